The molecule has 2 heterocycles. The molecule has 0 atom stereocenters. The molecule has 0 unspecified atom stereocenters. The monoisotopic (exact) mass is 363 g/mol. The lowest BCUT2D eigenvalue weighted by atomic mass is 10.1. The number of halogens is 2. The molecule has 0 aliphatic heterocycles. The van der Waals surface area contributed by atoms with Crippen LogP contribution in [0.1, 0.15) is 22.5 Å². The SMILES string of the molecule is Cc1nc(Cl)c2c(C)cn(-c3c(C)cc(Br)cc3C)c2n1. The zero-order valence-corrected chi connectivity index (χ0v) is 14.7. The highest BCUT2D eigenvalue weighted by Gasteiger charge is 2.16. The van der Waals surface area contributed by atoms with Crippen LogP contribution in [0.5, 0.6) is 0 Å². The van der Waals surface area contributed by atoms with Crippen LogP contribution in [0.15, 0.2) is 22.8 Å². The molecule has 3 nitrogen and oxygen atoms in total. The van der Waals surface area contributed by atoms with Crippen LogP contribution in [0, 0.1) is 27.7 Å². The molecule has 0 aliphatic carbocycles. The van der Waals surface area contributed by atoms with Gasteiger partial charge >= 0.3 is 0 Å². The summed E-state index contributed by atoms with van der Waals surface area (Å²) < 4.78 is 3.20. The number of aromatic nitrogens is 3. The summed E-state index contributed by atoms with van der Waals surface area (Å²) in [6, 6.07) is 4.22. The third-order valence-electron chi connectivity index (χ3n) is 3.60. The van der Waals surface area contributed by atoms with E-state index in [1.165, 1.54) is 11.1 Å². The Kier molecular flexibility index (Phi) is 3.54. The van der Waals surface area contributed by atoms with Gasteiger partial charge in [0.05, 0.1) is 11.1 Å². The fourth-order valence-electron chi connectivity index (χ4n) is 2.81. The van der Waals surface area contributed by atoms with Gasteiger partial charge in [0.1, 0.15) is 16.6 Å². The van der Waals surface area contributed by atoms with Gasteiger partial charge in [-0.15, -0.1) is 0 Å². The van der Waals surface area contributed by atoms with E-state index >= 15 is 0 Å². The number of benzene rings is 1. The van der Waals surface area contributed by atoms with Crippen molar-refractivity contribution < 1.29 is 0 Å². The van der Waals surface area contributed by atoms with Gasteiger partial charge in [-0.3, -0.25) is 0 Å². The molecule has 0 amide bonds. The van der Waals surface area contributed by atoms with Crippen molar-refractivity contribution >= 4 is 38.6 Å². The van der Waals surface area contributed by atoms with Crippen LogP contribution < -0.4 is 0 Å². The summed E-state index contributed by atoms with van der Waals surface area (Å²) in [5.41, 5.74) is 5.46. The number of hydrogen-bond donors (Lipinski definition) is 0. The van der Waals surface area contributed by atoms with Crippen molar-refractivity contribution in [3.63, 3.8) is 0 Å². The first-order chi connectivity index (χ1) is 9.88. The number of rotatable bonds is 1. The minimum Gasteiger partial charge on any atom is -0.300 e. The Morgan fingerprint density at radius 2 is 1.62 bits per heavy atom. The smallest absolute Gasteiger partial charge is 0.150 e. The highest BCUT2D eigenvalue weighted by Crippen LogP contribution is 2.31. The molecule has 5 heteroatoms. The molecule has 21 heavy (non-hydrogen) atoms. The topological polar surface area (TPSA) is 30.7 Å². The third kappa shape index (κ3) is 2.36. The quantitative estimate of drug-likeness (QED) is 0.564. The minimum atomic E-state index is 0.515. The fourth-order valence-corrected chi connectivity index (χ4v) is 3.85. The van der Waals surface area contributed by atoms with Gasteiger partial charge in [0.25, 0.3) is 0 Å². The van der Waals surface area contributed by atoms with E-state index in [-0.39, 0.29) is 0 Å². The Labute approximate surface area is 137 Å². The molecular formula is C16H15BrClN3. The van der Waals surface area contributed by atoms with Crippen LogP contribution in [0.2, 0.25) is 5.15 Å². The van der Waals surface area contributed by atoms with E-state index in [1.54, 1.807) is 0 Å². The van der Waals surface area contributed by atoms with E-state index in [4.69, 9.17) is 11.6 Å². The van der Waals surface area contributed by atoms with Gasteiger partial charge in [-0.2, -0.15) is 0 Å². The van der Waals surface area contributed by atoms with Gasteiger partial charge in [-0.05, 0) is 56.5 Å². The summed E-state index contributed by atoms with van der Waals surface area (Å²) in [4.78, 5) is 8.86. The van der Waals surface area contributed by atoms with E-state index in [1.807, 2.05) is 13.8 Å². The number of aryl methyl sites for hydroxylation is 4. The highest BCUT2D eigenvalue weighted by atomic mass is 79.9. The van der Waals surface area contributed by atoms with Gasteiger partial charge in [-0.1, -0.05) is 27.5 Å². The molecule has 3 rings (SSSR count). The molecule has 1 aromatic carbocycles. The number of nitrogens with zero attached hydrogens (tertiary/aromatic N) is 3. The van der Waals surface area contributed by atoms with E-state index in [2.05, 4.69) is 62.6 Å². The van der Waals surface area contributed by atoms with Crippen LogP contribution in [0.3, 0.4) is 0 Å². The summed E-state index contributed by atoms with van der Waals surface area (Å²) in [6.45, 7) is 8.10. The Morgan fingerprint density at radius 1 is 1.00 bits per heavy atom. The Balaban J connectivity index is 2.42. The molecule has 0 N–H and O–H groups in total. The molecule has 2 aromatic heterocycles. The minimum absolute atomic E-state index is 0.515. The van der Waals surface area contributed by atoms with Gasteiger partial charge in [0, 0.05) is 10.7 Å². The van der Waals surface area contributed by atoms with Gasteiger partial charge < -0.3 is 4.57 Å². The number of fused-ring (bicyclic) bond motifs is 1. The summed E-state index contributed by atoms with van der Waals surface area (Å²) in [6.07, 6.45) is 2.08. The van der Waals surface area contributed by atoms with Gasteiger partial charge in [0.2, 0.25) is 0 Å². The van der Waals surface area contributed by atoms with Crippen molar-refractivity contribution in [3.05, 3.63) is 50.5 Å². The van der Waals surface area contributed by atoms with Crippen LogP contribution in [0.25, 0.3) is 16.7 Å². The molecule has 0 radical (unpaired) electrons. The van der Waals surface area contributed by atoms with E-state index in [0.29, 0.717) is 11.0 Å². The maximum atomic E-state index is 6.30. The summed E-state index contributed by atoms with van der Waals surface area (Å²) in [5, 5.41) is 1.44. The average molecular weight is 365 g/mol. The molecule has 0 spiro atoms. The average Bonchev–Trinajstić information content (AvgIpc) is 2.65. The molecule has 0 fully saturated rings. The molecule has 0 aliphatic rings. The first kappa shape index (κ1) is 14.5. The van der Waals surface area contributed by atoms with Crippen molar-refractivity contribution in [2.45, 2.75) is 27.7 Å². The van der Waals surface area contributed by atoms with Crippen LogP contribution in [-0.2, 0) is 0 Å². The normalized spacial score (nSPS) is 11.3. The molecule has 0 bridgehead atoms. The zero-order chi connectivity index (χ0) is 15.3. The second kappa shape index (κ2) is 5.11. The summed E-state index contributed by atoms with van der Waals surface area (Å²) in [5.74, 6) is 0.680. The van der Waals surface area contributed by atoms with Crippen LogP contribution >= 0.6 is 27.5 Å². The van der Waals surface area contributed by atoms with Crippen molar-refractivity contribution in [1.29, 1.82) is 0 Å². The molecule has 0 saturated heterocycles. The summed E-state index contributed by atoms with van der Waals surface area (Å²) in [7, 11) is 0. The van der Waals surface area contributed by atoms with E-state index in [9.17, 15) is 0 Å². The number of hydrogen-bond acceptors (Lipinski definition) is 2. The van der Waals surface area contributed by atoms with E-state index in [0.717, 1.165) is 26.8 Å². The van der Waals surface area contributed by atoms with Crippen LogP contribution in [0.4, 0.5) is 0 Å². The lowest BCUT2D eigenvalue weighted by Crippen LogP contribution is -2.01. The largest absolute Gasteiger partial charge is 0.300 e. The molecule has 3 aromatic rings. The first-order valence-corrected chi connectivity index (χ1v) is 7.84. The van der Waals surface area contributed by atoms with Gasteiger partial charge in [-0.25, -0.2) is 9.97 Å². The molecular weight excluding hydrogens is 350 g/mol. The standard InChI is InChI=1S/C16H15BrClN3/c1-8-5-12(17)6-9(2)14(8)21-7-10(3)13-15(18)19-11(4)20-16(13)21/h5-7H,1-4H3. The Bertz CT molecular complexity index is 845. The highest BCUT2D eigenvalue weighted by molar-refractivity contribution is 9.10. The van der Waals surface area contributed by atoms with Crippen molar-refractivity contribution in [2.75, 3.05) is 0 Å². The lowest BCUT2D eigenvalue weighted by molar-refractivity contribution is 1.01. The van der Waals surface area contributed by atoms with Crippen molar-refractivity contribution in [2.24, 2.45) is 0 Å². The predicted molar refractivity (Wildman–Crippen MR) is 90.5 cm³/mol. The third-order valence-corrected chi connectivity index (χ3v) is 4.33. The van der Waals surface area contributed by atoms with Crippen molar-refractivity contribution in [1.82, 2.24) is 14.5 Å². The lowest BCUT2D eigenvalue weighted by Gasteiger charge is -2.13. The van der Waals surface area contributed by atoms with Crippen molar-refractivity contribution in [3.8, 4) is 5.69 Å². The maximum absolute atomic E-state index is 6.30. The summed E-state index contributed by atoms with van der Waals surface area (Å²) >= 11 is 9.84. The fraction of sp³-hybridized carbons (Fsp3) is 0.250. The Morgan fingerprint density at radius 3 is 2.24 bits per heavy atom. The van der Waals surface area contributed by atoms with Gasteiger partial charge in [0.15, 0.2) is 0 Å². The Hall–Kier alpha value is -1.39. The molecule has 108 valence electrons. The second-order valence-corrected chi connectivity index (χ2v) is 6.60. The van der Waals surface area contributed by atoms with Crippen LogP contribution in [-0.4, -0.2) is 14.5 Å². The maximum Gasteiger partial charge on any atom is 0.150 e. The molecule has 0 saturated carbocycles. The first-order valence-electron chi connectivity index (χ1n) is 6.67. The second-order valence-electron chi connectivity index (χ2n) is 5.33. The zero-order valence-electron chi connectivity index (χ0n) is 12.3. The predicted octanol–water partition coefficient (Wildman–Crippen LogP) is 5.07. The van der Waals surface area contributed by atoms with E-state index < -0.39 is 0 Å².